The van der Waals surface area contributed by atoms with Crippen molar-refractivity contribution in [3.63, 3.8) is 0 Å². The van der Waals surface area contributed by atoms with Crippen molar-refractivity contribution in [1.82, 2.24) is 0 Å². The van der Waals surface area contributed by atoms with E-state index < -0.39 is 0 Å². The van der Waals surface area contributed by atoms with Crippen molar-refractivity contribution in [1.29, 1.82) is 0 Å². The molecule has 1 fully saturated rings. The van der Waals surface area contributed by atoms with Crippen molar-refractivity contribution in [2.24, 2.45) is 0 Å². The van der Waals surface area contributed by atoms with E-state index in [1.54, 1.807) is 11.3 Å². The highest BCUT2D eigenvalue weighted by Crippen LogP contribution is 2.28. The van der Waals surface area contributed by atoms with Gasteiger partial charge in [-0.25, -0.2) is 0 Å². The van der Waals surface area contributed by atoms with Crippen LogP contribution in [0.1, 0.15) is 36.9 Å². The summed E-state index contributed by atoms with van der Waals surface area (Å²) in [5.74, 6) is 0. The molecule has 2 nitrogen and oxygen atoms in total. The van der Waals surface area contributed by atoms with E-state index in [0.717, 1.165) is 0 Å². The lowest BCUT2D eigenvalue weighted by Crippen LogP contribution is -2.17. The monoisotopic (exact) mass is 286 g/mol. The molecule has 1 aromatic heterocycles. The minimum absolute atomic E-state index is 0.359. The third kappa shape index (κ3) is 2.83. The summed E-state index contributed by atoms with van der Waals surface area (Å²) in [4.78, 5) is 2.49. The first-order chi connectivity index (χ1) is 9.74. The first-order valence-corrected chi connectivity index (χ1v) is 8.32. The van der Waals surface area contributed by atoms with Gasteiger partial charge >= 0.3 is 0 Å². The van der Waals surface area contributed by atoms with Crippen LogP contribution >= 0.6 is 11.3 Å². The van der Waals surface area contributed by atoms with E-state index in [1.807, 2.05) is 0 Å². The maximum absolute atomic E-state index is 3.62. The Balaban J connectivity index is 1.74. The molecule has 0 spiro atoms. The summed E-state index contributed by atoms with van der Waals surface area (Å²) < 4.78 is 0. The van der Waals surface area contributed by atoms with Gasteiger partial charge in [-0.1, -0.05) is 0 Å². The second-order valence-electron chi connectivity index (χ2n) is 5.62. The van der Waals surface area contributed by atoms with Crippen LogP contribution in [0.15, 0.2) is 35.0 Å². The third-order valence-electron chi connectivity index (χ3n) is 4.10. The normalized spacial score (nSPS) is 16.4. The number of hydrogen-bond acceptors (Lipinski definition) is 3. The first kappa shape index (κ1) is 13.5. The van der Waals surface area contributed by atoms with Gasteiger partial charge in [-0.2, -0.15) is 11.3 Å². The smallest absolute Gasteiger partial charge is 0.0493 e. The van der Waals surface area contributed by atoms with E-state index in [9.17, 15) is 0 Å². The number of anilines is 2. The van der Waals surface area contributed by atoms with Crippen LogP contribution < -0.4 is 10.2 Å². The molecule has 0 radical (unpaired) electrons. The van der Waals surface area contributed by atoms with Gasteiger partial charge in [0.15, 0.2) is 0 Å². The van der Waals surface area contributed by atoms with Crippen LogP contribution in [0.5, 0.6) is 0 Å². The number of nitrogens with zero attached hydrogens (tertiary/aromatic N) is 1. The summed E-state index contributed by atoms with van der Waals surface area (Å²) in [5.41, 5.74) is 5.30. The van der Waals surface area contributed by atoms with E-state index in [2.05, 4.69) is 59.1 Å². The van der Waals surface area contributed by atoms with Crippen molar-refractivity contribution in [2.75, 3.05) is 23.3 Å². The second kappa shape index (κ2) is 5.88. The topological polar surface area (TPSA) is 15.3 Å². The van der Waals surface area contributed by atoms with Crippen molar-refractivity contribution >= 4 is 22.7 Å². The number of benzene rings is 1. The standard InChI is InChI=1S/C17H22N2S/c1-13-11-16(19-8-3-4-9-19)5-6-17(13)18-14(2)15-7-10-20-12-15/h5-7,10-12,14,18H,3-4,8-9H2,1-2H3. The molecule has 2 aromatic rings. The van der Waals surface area contributed by atoms with Crippen LogP contribution in [0, 0.1) is 6.92 Å². The summed E-state index contributed by atoms with van der Waals surface area (Å²) in [6.45, 7) is 6.83. The Kier molecular flexibility index (Phi) is 3.97. The molecule has 1 aromatic carbocycles. The lowest BCUT2D eigenvalue weighted by molar-refractivity contribution is 0.887. The largest absolute Gasteiger partial charge is 0.378 e. The molecular formula is C17H22N2S. The summed E-state index contributed by atoms with van der Waals surface area (Å²) >= 11 is 1.76. The predicted molar refractivity (Wildman–Crippen MR) is 89.0 cm³/mol. The molecule has 1 saturated heterocycles. The van der Waals surface area contributed by atoms with E-state index in [-0.39, 0.29) is 0 Å². The lowest BCUT2D eigenvalue weighted by Gasteiger charge is -2.21. The van der Waals surface area contributed by atoms with Crippen molar-refractivity contribution in [3.8, 4) is 0 Å². The lowest BCUT2D eigenvalue weighted by atomic mass is 10.1. The Morgan fingerprint density at radius 3 is 2.65 bits per heavy atom. The van der Waals surface area contributed by atoms with Gasteiger partial charge < -0.3 is 10.2 Å². The summed E-state index contributed by atoms with van der Waals surface area (Å²) in [5, 5.41) is 7.97. The minimum Gasteiger partial charge on any atom is -0.378 e. The Hall–Kier alpha value is -1.48. The molecule has 1 N–H and O–H groups in total. The average Bonchev–Trinajstić information content (AvgIpc) is 3.14. The van der Waals surface area contributed by atoms with Gasteiger partial charge in [-0.3, -0.25) is 0 Å². The van der Waals surface area contributed by atoms with E-state index >= 15 is 0 Å². The molecule has 2 heterocycles. The van der Waals surface area contributed by atoms with Gasteiger partial charge in [0.25, 0.3) is 0 Å². The van der Waals surface area contributed by atoms with Gasteiger partial charge in [0, 0.05) is 30.5 Å². The van der Waals surface area contributed by atoms with Crippen molar-refractivity contribution in [2.45, 2.75) is 32.7 Å². The molecular weight excluding hydrogens is 264 g/mol. The fourth-order valence-corrected chi connectivity index (χ4v) is 3.57. The molecule has 3 rings (SSSR count). The van der Waals surface area contributed by atoms with Crippen molar-refractivity contribution < 1.29 is 0 Å². The fourth-order valence-electron chi connectivity index (χ4n) is 2.82. The third-order valence-corrected chi connectivity index (χ3v) is 4.80. The number of nitrogens with one attached hydrogen (secondary N) is 1. The van der Waals surface area contributed by atoms with Gasteiger partial charge in [0.1, 0.15) is 0 Å². The summed E-state index contributed by atoms with van der Waals surface area (Å²) in [7, 11) is 0. The number of hydrogen-bond donors (Lipinski definition) is 1. The minimum atomic E-state index is 0.359. The quantitative estimate of drug-likeness (QED) is 0.866. The molecule has 0 amide bonds. The molecule has 1 atom stereocenters. The molecule has 106 valence electrons. The Morgan fingerprint density at radius 1 is 1.20 bits per heavy atom. The van der Waals surface area contributed by atoms with Crippen molar-refractivity contribution in [3.05, 3.63) is 46.2 Å². The highest BCUT2D eigenvalue weighted by atomic mass is 32.1. The van der Waals surface area contributed by atoms with E-state index in [4.69, 9.17) is 0 Å². The first-order valence-electron chi connectivity index (χ1n) is 7.38. The zero-order valence-corrected chi connectivity index (χ0v) is 13.0. The number of aryl methyl sites for hydroxylation is 1. The molecule has 3 heteroatoms. The molecule has 0 bridgehead atoms. The zero-order valence-electron chi connectivity index (χ0n) is 12.2. The number of thiophene rings is 1. The SMILES string of the molecule is Cc1cc(N2CCCC2)ccc1NC(C)c1ccsc1. The Morgan fingerprint density at radius 2 is 2.00 bits per heavy atom. The highest BCUT2D eigenvalue weighted by molar-refractivity contribution is 7.07. The van der Waals surface area contributed by atoms with Crippen LogP contribution in [-0.4, -0.2) is 13.1 Å². The molecule has 0 saturated carbocycles. The Labute approximate surface area is 125 Å². The van der Waals surface area contributed by atoms with Gasteiger partial charge in [0.05, 0.1) is 0 Å². The summed E-state index contributed by atoms with van der Waals surface area (Å²) in [6, 6.07) is 9.34. The summed E-state index contributed by atoms with van der Waals surface area (Å²) in [6.07, 6.45) is 2.66. The highest BCUT2D eigenvalue weighted by Gasteiger charge is 2.13. The molecule has 20 heavy (non-hydrogen) atoms. The van der Waals surface area contributed by atoms with Crippen LogP contribution in [-0.2, 0) is 0 Å². The van der Waals surface area contributed by atoms with Crippen LogP contribution in [0.2, 0.25) is 0 Å². The molecule has 1 aliphatic rings. The van der Waals surface area contributed by atoms with Gasteiger partial charge in [0.2, 0.25) is 0 Å². The van der Waals surface area contributed by atoms with Gasteiger partial charge in [-0.15, -0.1) is 0 Å². The Bertz CT molecular complexity index is 556. The zero-order chi connectivity index (χ0) is 13.9. The predicted octanol–water partition coefficient (Wildman–Crippen LogP) is 4.83. The molecule has 1 unspecified atom stereocenters. The van der Waals surface area contributed by atoms with Crippen LogP contribution in [0.3, 0.4) is 0 Å². The number of rotatable bonds is 4. The van der Waals surface area contributed by atoms with E-state index in [0.29, 0.717) is 6.04 Å². The maximum Gasteiger partial charge on any atom is 0.0493 e. The maximum atomic E-state index is 3.62. The molecule has 1 aliphatic heterocycles. The van der Waals surface area contributed by atoms with Crippen LogP contribution in [0.4, 0.5) is 11.4 Å². The second-order valence-corrected chi connectivity index (χ2v) is 6.40. The van der Waals surface area contributed by atoms with E-state index in [1.165, 1.54) is 48.4 Å². The van der Waals surface area contributed by atoms with Gasteiger partial charge in [-0.05, 0) is 72.8 Å². The molecule has 0 aliphatic carbocycles. The van der Waals surface area contributed by atoms with Crippen LogP contribution in [0.25, 0.3) is 0 Å². The fraction of sp³-hybridized carbons (Fsp3) is 0.412. The average molecular weight is 286 g/mol.